The van der Waals surface area contributed by atoms with Gasteiger partial charge in [-0.1, -0.05) is 17.7 Å². The van der Waals surface area contributed by atoms with Crippen molar-refractivity contribution < 1.29 is 0 Å². The van der Waals surface area contributed by atoms with E-state index in [0.717, 1.165) is 10.7 Å². The van der Waals surface area contributed by atoms with Gasteiger partial charge in [0.25, 0.3) is 0 Å². The maximum atomic E-state index is 5.81. The van der Waals surface area contributed by atoms with E-state index in [1.807, 2.05) is 24.3 Å². The van der Waals surface area contributed by atoms with Crippen LogP contribution in [0.5, 0.6) is 0 Å². The predicted molar refractivity (Wildman–Crippen MR) is 61.6 cm³/mol. The maximum Gasteiger partial charge on any atom is 0.0407 e. The number of nitrogens with one attached hydrogen (secondary N) is 1. The summed E-state index contributed by atoms with van der Waals surface area (Å²) in [6, 6.07) is 7.84. The quantitative estimate of drug-likeness (QED) is 0.766. The van der Waals surface area contributed by atoms with Gasteiger partial charge in [-0.05, 0) is 49.9 Å². The standard InChI is InChI=1S/C12H14ClN/c13-10-6-8-12(9-7-10)14-11-4-2-1-3-5-11/h4,6-9,14H,1-3,5H2. The number of rotatable bonds is 2. The van der Waals surface area contributed by atoms with E-state index in [-0.39, 0.29) is 0 Å². The van der Waals surface area contributed by atoms with Crippen LogP contribution in [0.2, 0.25) is 5.02 Å². The summed E-state index contributed by atoms with van der Waals surface area (Å²) in [5.41, 5.74) is 2.47. The van der Waals surface area contributed by atoms with Crippen molar-refractivity contribution in [2.75, 3.05) is 5.32 Å². The summed E-state index contributed by atoms with van der Waals surface area (Å²) in [7, 11) is 0. The molecule has 0 bridgehead atoms. The van der Waals surface area contributed by atoms with Crippen molar-refractivity contribution in [3.63, 3.8) is 0 Å². The Morgan fingerprint density at radius 2 is 1.86 bits per heavy atom. The fraction of sp³-hybridized carbons (Fsp3) is 0.333. The molecule has 1 aliphatic rings. The van der Waals surface area contributed by atoms with Gasteiger partial charge in [0.1, 0.15) is 0 Å². The molecular formula is C12H14ClN. The van der Waals surface area contributed by atoms with E-state index >= 15 is 0 Å². The molecule has 74 valence electrons. The summed E-state index contributed by atoms with van der Waals surface area (Å²) in [5, 5.41) is 4.20. The lowest BCUT2D eigenvalue weighted by molar-refractivity contribution is 0.704. The van der Waals surface area contributed by atoms with Crippen LogP contribution in [-0.2, 0) is 0 Å². The van der Waals surface area contributed by atoms with Crippen LogP contribution in [0.4, 0.5) is 5.69 Å². The molecule has 1 aromatic rings. The maximum absolute atomic E-state index is 5.81. The van der Waals surface area contributed by atoms with Crippen LogP contribution < -0.4 is 5.32 Å². The Morgan fingerprint density at radius 1 is 1.07 bits per heavy atom. The molecule has 0 amide bonds. The average Bonchev–Trinajstić information content (AvgIpc) is 2.23. The molecule has 0 unspecified atom stereocenters. The third-order valence-electron chi connectivity index (χ3n) is 2.44. The SMILES string of the molecule is Clc1ccc(NC2=CCCCC2)cc1. The molecule has 1 aromatic carbocycles. The minimum Gasteiger partial charge on any atom is -0.359 e. The molecule has 0 aliphatic heterocycles. The largest absolute Gasteiger partial charge is 0.359 e. The van der Waals surface area contributed by atoms with Crippen LogP contribution in [0.25, 0.3) is 0 Å². The lowest BCUT2D eigenvalue weighted by atomic mass is 10.0. The zero-order valence-corrected chi connectivity index (χ0v) is 8.85. The number of halogens is 1. The average molecular weight is 208 g/mol. The molecule has 0 saturated heterocycles. The molecule has 0 radical (unpaired) electrons. The lowest BCUT2D eigenvalue weighted by Gasteiger charge is -2.14. The Balaban J connectivity index is 2.03. The summed E-state index contributed by atoms with van der Waals surface area (Å²) in [5.74, 6) is 0. The Bertz CT molecular complexity index is 327. The van der Waals surface area contributed by atoms with Crippen LogP contribution in [0.1, 0.15) is 25.7 Å². The minimum absolute atomic E-state index is 0.785. The molecule has 0 fully saturated rings. The molecule has 2 rings (SSSR count). The van der Waals surface area contributed by atoms with E-state index in [4.69, 9.17) is 11.6 Å². The number of benzene rings is 1. The second kappa shape index (κ2) is 4.52. The van der Waals surface area contributed by atoms with Crippen molar-refractivity contribution in [2.24, 2.45) is 0 Å². The van der Waals surface area contributed by atoms with Gasteiger partial charge in [0.2, 0.25) is 0 Å². The van der Waals surface area contributed by atoms with Crippen molar-refractivity contribution >= 4 is 17.3 Å². The van der Waals surface area contributed by atoms with Crippen LogP contribution in [0, 0.1) is 0 Å². The summed E-state index contributed by atoms with van der Waals surface area (Å²) in [4.78, 5) is 0. The van der Waals surface area contributed by atoms with Gasteiger partial charge in [-0.2, -0.15) is 0 Å². The Kier molecular flexibility index (Phi) is 3.10. The van der Waals surface area contributed by atoms with Crippen molar-refractivity contribution in [1.82, 2.24) is 0 Å². The second-order valence-corrected chi connectivity index (χ2v) is 4.04. The van der Waals surface area contributed by atoms with Gasteiger partial charge in [0, 0.05) is 16.4 Å². The fourth-order valence-electron chi connectivity index (χ4n) is 1.67. The zero-order chi connectivity index (χ0) is 9.80. The fourth-order valence-corrected chi connectivity index (χ4v) is 1.80. The molecule has 1 nitrogen and oxygen atoms in total. The van der Waals surface area contributed by atoms with E-state index in [1.165, 1.54) is 31.4 Å². The first-order valence-electron chi connectivity index (χ1n) is 5.06. The highest BCUT2D eigenvalue weighted by Crippen LogP contribution is 2.21. The second-order valence-electron chi connectivity index (χ2n) is 3.61. The summed E-state index contributed by atoms with van der Waals surface area (Å²) >= 11 is 5.81. The topological polar surface area (TPSA) is 12.0 Å². The van der Waals surface area contributed by atoms with Gasteiger partial charge < -0.3 is 5.32 Å². The number of anilines is 1. The van der Waals surface area contributed by atoms with E-state index in [9.17, 15) is 0 Å². The first-order valence-corrected chi connectivity index (χ1v) is 5.44. The molecular weight excluding hydrogens is 194 g/mol. The van der Waals surface area contributed by atoms with Gasteiger partial charge in [0.05, 0.1) is 0 Å². The first kappa shape index (κ1) is 9.60. The van der Waals surface area contributed by atoms with E-state index in [0.29, 0.717) is 0 Å². The van der Waals surface area contributed by atoms with Gasteiger partial charge in [0.15, 0.2) is 0 Å². The molecule has 1 N–H and O–H groups in total. The molecule has 2 heteroatoms. The number of hydrogen-bond donors (Lipinski definition) is 1. The molecule has 1 aliphatic carbocycles. The number of hydrogen-bond acceptors (Lipinski definition) is 1. The van der Waals surface area contributed by atoms with E-state index in [1.54, 1.807) is 0 Å². The molecule has 14 heavy (non-hydrogen) atoms. The van der Waals surface area contributed by atoms with E-state index < -0.39 is 0 Å². The van der Waals surface area contributed by atoms with Crippen molar-refractivity contribution in [3.8, 4) is 0 Å². The monoisotopic (exact) mass is 207 g/mol. The molecule has 0 aromatic heterocycles. The smallest absolute Gasteiger partial charge is 0.0407 e. The minimum atomic E-state index is 0.785. The summed E-state index contributed by atoms with van der Waals surface area (Å²) < 4.78 is 0. The van der Waals surface area contributed by atoms with Crippen LogP contribution in [0.3, 0.4) is 0 Å². The third kappa shape index (κ3) is 2.52. The van der Waals surface area contributed by atoms with Gasteiger partial charge in [-0.15, -0.1) is 0 Å². The van der Waals surface area contributed by atoms with Crippen LogP contribution >= 0.6 is 11.6 Å². The van der Waals surface area contributed by atoms with Crippen molar-refractivity contribution in [1.29, 1.82) is 0 Å². The van der Waals surface area contributed by atoms with Gasteiger partial charge in [-0.3, -0.25) is 0 Å². The van der Waals surface area contributed by atoms with Crippen LogP contribution in [0.15, 0.2) is 36.0 Å². The Morgan fingerprint density at radius 3 is 2.50 bits per heavy atom. The zero-order valence-electron chi connectivity index (χ0n) is 8.09. The van der Waals surface area contributed by atoms with Crippen molar-refractivity contribution in [3.05, 3.63) is 41.1 Å². The summed E-state index contributed by atoms with van der Waals surface area (Å²) in [6.45, 7) is 0. The normalized spacial score (nSPS) is 16.2. The lowest BCUT2D eigenvalue weighted by Crippen LogP contribution is -2.02. The molecule has 0 atom stereocenters. The van der Waals surface area contributed by atoms with Gasteiger partial charge >= 0.3 is 0 Å². The van der Waals surface area contributed by atoms with E-state index in [2.05, 4.69) is 11.4 Å². The van der Waals surface area contributed by atoms with Gasteiger partial charge in [-0.25, -0.2) is 0 Å². The first-order chi connectivity index (χ1) is 6.84. The third-order valence-corrected chi connectivity index (χ3v) is 2.69. The predicted octanol–water partition coefficient (Wildman–Crippen LogP) is 4.21. The molecule has 0 spiro atoms. The molecule has 0 saturated carbocycles. The highest BCUT2D eigenvalue weighted by molar-refractivity contribution is 6.30. The van der Waals surface area contributed by atoms with Crippen LogP contribution in [-0.4, -0.2) is 0 Å². The number of allylic oxidation sites excluding steroid dienone is 2. The Labute approximate surface area is 89.8 Å². The highest BCUT2D eigenvalue weighted by Gasteiger charge is 2.02. The highest BCUT2D eigenvalue weighted by atomic mass is 35.5. The Hall–Kier alpha value is -0.950. The van der Waals surface area contributed by atoms with Crippen molar-refractivity contribution in [2.45, 2.75) is 25.7 Å². The molecule has 0 heterocycles. The summed E-state index contributed by atoms with van der Waals surface area (Å²) in [6.07, 6.45) is 7.29.